The number of hydrogen-bond acceptors (Lipinski definition) is 5. The summed E-state index contributed by atoms with van der Waals surface area (Å²) in [6, 6.07) is 0. The number of nitrogens with one attached hydrogen (secondary N) is 1. The number of hydrogen-bond donors (Lipinski definition) is 1. The first-order valence-corrected chi connectivity index (χ1v) is 7.32. The van der Waals surface area contributed by atoms with Crippen LogP contribution in [-0.2, 0) is 19.6 Å². The van der Waals surface area contributed by atoms with Crippen LogP contribution in [0.1, 0.15) is 32.2 Å². The van der Waals surface area contributed by atoms with E-state index in [1.54, 1.807) is 0 Å². The molecule has 0 saturated carbocycles. The summed E-state index contributed by atoms with van der Waals surface area (Å²) in [4.78, 5) is 15.5. The van der Waals surface area contributed by atoms with Crippen molar-refractivity contribution in [2.24, 2.45) is 0 Å². The molecule has 0 fully saturated rings. The van der Waals surface area contributed by atoms with Crippen molar-refractivity contribution in [2.45, 2.75) is 45.9 Å². The smallest absolute Gasteiger partial charge is 0.225 e. The number of nitrogens with zero attached hydrogens (tertiary/aromatic N) is 5. The van der Waals surface area contributed by atoms with E-state index in [4.69, 9.17) is 0 Å². The lowest BCUT2D eigenvalue weighted by Crippen LogP contribution is -2.36. The van der Waals surface area contributed by atoms with Gasteiger partial charge < -0.3 is 14.8 Å². The summed E-state index contributed by atoms with van der Waals surface area (Å²) >= 11 is 0. The molecule has 2 aromatic rings. The molecule has 1 aliphatic rings. The molecule has 3 rings (SSSR count). The zero-order valence-corrected chi connectivity index (χ0v) is 12.9. The molecule has 112 valence electrons. The monoisotopic (exact) mass is 286 g/mol. The van der Waals surface area contributed by atoms with Gasteiger partial charge >= 0.3 is 0 Å². The highest BCUT2D eigenvalue weighted by atomic mass is 15.3. The van der Waals surface area contributed by atoms with Crippen LogP contribution < -0.4 is 10.2 Å². The van der Waals surface area contributed by atoms with Crippen LogP contribution in [0.15, 0.2) is 24.8 Å². The number of aromatic nitrogens is 4. The molecule has 0 spiro atoms. The van der Waals surface area contributed by atoms with E-state index >= 15 is 0 Å². The minimum atomic E-state index is 0.0998. The molecule has 0 bridgehead atoms. The Hall–Kier alpha value is -1.95. The van der Waals surface area contributed by atoms with Gasteiger partial charge in [-0.2, -0.15) is 0 Å². The van der Waals surface area contributed by atoms with E-state index in [0.29, 0.717) is 0 Å². The predicted molar refractivity (Wildman–Crippen MR) is 81.9 cm³/mol. The van der Waals surface area contributed by atoms with Crippen molar-refractivity contribution in [2.75, 3.05) is 11.4 Å². The summed E-state index contributed by atoms with van der Waals surface area (Å²) in [7, 11) is 0. The predicted octanol–water partition coefficient (Wildman–Crippen LogP) is 1.58. The summed E-state index contributed by atoms with van der Waals surface area (Å²) in [6.07, 6.45) is 7.68. The topological polar surface area (TPSA) is 58.9 Å². The van der Waals surface area contributed by atoms with Crippen LogP contribution in [0.5, 0.6) is 0 Å². The SMILES string of the molecule is CC(C)(C)NCc1cnc(N2CCn3ccnc3C2)nc1. The van der Waals surface area contributed by atoms with Crippen molar-refractivity contribution in [3.05, 3.63) is 36.2 Å². The van der Waals surface area contributed by atoms with Gasteiger partial charge in [-0.05, 0) is 20.8 Å². The van der Waals surface area contributed by atoms with Crippen molar-refractivity contribution in [1.82, 2.24) is 24.8 Å². The standard InChI is InChI=1S/C15H22N6/c1-15(2,3)19-10-12-8-17-14(18-9-12)21-7-6-20-5-4-16-13(20)11-21/h4-5,8-9,19H,6-7,10-11H2,1-3H3. The van der Waals surface area contributed by atoms with Crippen molar-refractivity contribution in [1.29, 1.82) is 0 Å². The van der Waals surface area contributed by atoms with Crippen LogP contribution >= 0.6 is 0 Å². The Morgan fingerprint density at radius 1 is 1.14 bits per heavy atom. The Labute approximate surface area is 125 Å². The molecule has 6 nitrogen and oxygen atoms in total. The Bertz CT molecular complexity index is 595. The van der Waals surface area contributed by atoms with E-state index in [0.717, 1.165) is 43.5 Å². The van der Waals surface area contributed by atoms with Crippen LogP contribution in [0.4, 0.5) is 5.95 Å². The van der Waals surface area contributed by atoms with E-state index in [1.165, 1.54) is 0 Å². The van der Waals surface area contributed by atoms with E-state index in [9.17, 15) is 0 Å². The molecule has 3 heterocycles. The normalized spacial score (nSPS) is 15.1. The minimum Gasteiger partial charge on any atom is -0.332 e. The Kier molecular flexibility index (Phi) is 3.63. The molecule has 2 aromatic heterocycles. The highest BCUT2D eigenvalue weighted by Crippen LogP contribution is 2.16. The molecule has 0 amide bonds. The molecule has 1 N–H and O–H groups in total. The van der Waals surface area contributed by atoms with E-state index in [2.05, 4.69) is 50.5 Å². The highest BCUT2D eigenvalue weighted by molar-refractivity contribution is 5.31. The van der Waals surface area contributed by atoms with Gasteiger partial charge in [0.1, 0.15) is 5.82 Å². The van der Waals surface area contributed by atoms with Crippen LogP contribution in [0.2, 0.25) is 0 Å². The van der Waals surface area contributed by atoms with E-state index in [1.807, 2.05) is 24.8 Å². The number of imidazole rings is 1. The molecule has 0 atom stereocenters. The van der Waals surface area contributed by atoms with Crippen LogP contribution in [0.25, 0.3) is 0 Å². The van der Waals surface area contributed by atoms with Crippen molar-refractivity contribution < 1.29 is 0 Å². The average molecular weight is 286 g/mol. The second kappa shape index (κ2) is 5.44. The fraction of sp³-hybridized carbons (Fsp3) is 0.533. The van der Waals surface area contributed by atoms with E-state index in [-0.39, 0.29) is 5.54 Å². The molecule has 0 radical (unpaired) electrons. The molecule has 0 aliphatic carbocycles. The third kappa shape index (κ3) is 3.39. The van der Waals surface area contributed by atoms with Crippen molar-refractivity contribution in [3.8, 4) is 0 Å². The van der Waals surface area contributed by atoms with Crippen LogP contribution in [0.3, 0.4) is 0 Å². The molecule has 1 aliphatic heterocycles. The maximum absolute atomic E-state index is 4.50. The average Bonchev–Trinajstić information content (AvgIpc) is 2.92. The first-order chi connectivity index (χ1) is 10.0. The van der Waals surface area contributed by atoms with Gasteiger partial charge in [0.2, 0.25) is 5.95 Å². The Balaban J connectivity index is 1.65. The number of fused-ring (bicyclic) bond motifs is 1. The van der Waals surface area contributed by atoms with Gasteiger partial charge in [-0.3, -0.25) is 0 Å². The number of rotatable bonds is 3. The largest absolute Gasteiger partial charge is 0.332 e. The zero-order chi connectivity index (χ0) is 14.9. The van der Waals surface area contributed by atoms with E-state index < -0.39 is 0 Å². The van der Waals surface area contributed by atoms with Crippen molar-refractivity contribution in [3.63, 3.8) is 0 Å². The lowest BCUT2D eigenvalue weighted by atomic mass is 10.1. The fourth-order valence-electron chi connectivity index (χ4n) is 2.31. The van der Waals surface area contributed by atoms with Gasteiger partial charge in [-0.25, -0.2) is 15.0 Å². The maximum atomic E-state index is 4.50. The summed E-state index contributed by atoms with van der Waals surface area (Å²) in [5.41, 5.74) is 1.20. The zero-order valence-electron chi connectivity index (χ0n) is 12.9. The Morgan fingerprint density at radius 2 is 1.90 bits per heavy atom. The van der Waals surface area contributed by atoms with Crippen LogP contribution in [-0.4, -0.2) is 31.6 Å². The van der Waals surface area contributed by atoms with Gasteiger partial charge in [0.15, 0.2) is 0 Å². The summed E-state index contributed by atoms with van der Waals surface area (Å²) in [5, 5.41) is 3.44. The first-order valence-electron chi connectivity index (χ1n) is 7.32. The van der Waals surface area contributed by atoms with Crippen molar-refractivity contribution >= 4 is 5.95 Å². The quantitative estimate of drug-likeness (QED) is 0.928. The molecule has 0 unspecified atom stereocenters. The lowest BCUT2D eigenvalue weighted by Gasteiger charge is -2.27. The van der Waals surface area contributed by atoms with Crippen LogP contribution in [0, 0.1) is 0 Å². The lowest BCUT2D eigenvalue weighted by molar-refractivity contribution is 0.423. The molecule has 21 heavy (non-hydrogen) atoms. The third-order valence-corrected chi connectivity index (χ3v) is 3.54. The fourth-order valence-corrected chi connectivity index (χ4v) is 2.31. The molecular formula is C15H22N6. The maximum Gasteiger partial charge on any atom is 0.225 e. The van der Waals surface area contributed by atoms with Gasteiger partial charge in [-0.1, -0.05) is 0 Å². The summed E-state index contributed by atoms with van der Waals surface area (Å²) < 4.78 is 2.18. The molecule has 0 saturated heterocycles. The number of anilines is 1. The summed E-state index contributed by atoms with van der Waals surface area (Å²) in [5.74, 6) is 1.85. The van der Waals surface area contributed by atoms with Gasteiger partial charge in [0, 0.05) is 55.5 Å². The summed E-state index contributed by atoms with van der Waals surface area (Å²) in [6.45, 7) is 9.87. The van der Waals surface area contributed by atoms with Gasteiger partial charge in [0.25, 0.3) is 0 Å². The second-order valence-corrected chi connectivity index (χ2v) is 6.45. The molecule has 6 heteroatoms. The minimum absolute atomic E-state index is 0.0998. The second-order valence-electron chi connectivity index (χ2n) is 6.45. The molecule has 0 aromatic carbocycles. The first kappa shape index (κ1) is 14.0. The molecular weight excluding hydrogens is 264 g/mol. The third-order valence-electron chi connectivity index (χ3n) is 3.54. The highest BCUT2D eigenvalue weighted by Gasteiger charge is 2.18. The van der Waals surface area contributed by atoms with Gasteiger partial charge in [0.05, 0.1) is 6.54 Å². The van der Waals surface area contributed by atoms with Gasteiger partial charge in [-0.15, -0.1) is 0 Å². The Morgan fingerprint density at radius 3 is 2.62 bits per heavy atom.